The third-order valence-corrected chi connectivity index (χ3v) is 6.67. The minimum absolute atomic E-state index is 0.0933. The summed E-state index contributed by atoms with van der Waals surface area (Å²) in [6.45, 7) is 1.75. The minimum atomic E-state index is -4.48. The van der Waals surface area contributed by atoms with Crippen LogP contribution in [0.2, 0.25) is 5.15 Å². The monoisotopic (exact) mass is 498 g/mol. The maximum atomic E-state index is 13.6. The molecule has 3 aromatic heterocycles. The third kappa shape index (κ3) is 4.48. The first-order valence-electron chi connectivity index (χ1n) is 11.5. The molecule has 0 spiro atoms. The summed E-state index contributed by atoms with van der Waals surface area (Å²) < 4.78 is 49.2. The van der Waals surface area contributed by atoms with Gasteiger partial charge in [-0.1, -0.05) is 11.6 Å². The summed E-state index contributed by atoms with van der Waals surface area (Å²) >= 11 is 6.39. The van der Waals surface area contributed by atoms with Gasteiger partial charge >= 0.3 is 6.18 Å². The Kier molecular flexibility index (Phi) is 6.19. The largest absolute Gasteiger partial charge is 0.408 e. The molecule has 2 aliphatic heterocycles. The van der Waals surface area contributed by atoms with E-state index in [2.05, 4.69) is 15.2 Å². The van der Waals surface area contributed by atoms with Gasteiger partial charge in [0.1, 0.15) is 28.4 Å². The van der Waals surface area contributed by atoms with Crippen LogP contribution < -0.4 is 4.90 Å². The molecule has 0 saturated carbocycles. The van der Waals surface area contributed by atoms with E-state index in [0.717, 1.165) is 23.9 Å². The highest BCUT2D eigenvalue weighted by Gasteiger charge is 2.34. The van der Waals surface area contributed by atoms with Gasteiger partial charge in [-0.2, -0.15) is 23.4 Å². The molecule has 12 heteroatoms. The molecular formula is C22H26ClF3N6O2. The number of halogens is 4. The number of hydrogen-bond donors (Lipinski definition) is 1. The van der Waals surface area contributed by atoms with Gasteiger partial charge in [-0.25, -0.2) is 9.67 Å². The Morgan fingerprint density at radius 2 is 2.09 bits per heavy atom. The lowest BCUT2D eigenvalue weighted by atomic mass is 10.00. The Bertz CT molecular complexity index is 1170. The van der Waals surface area contributed by atoms with Gasteiger partial charge in [0, 0.05) is 31.5 Å². The number of hydrogen-bond acceptors (Lipinski definition) is 6. The maximum Gasteiger partial charge on any atom is 0.408 e. The summed E-state index contributed by atoms with van der Waals surface area (Å²) in [4.78, 5) is 6.40. The number of aliphatic hydroxyl groups excluding tert-OH is 1. The summed E-state index contributed by atoms with van der Waals surface area (Å²) in [5, 5.41) is 19.0. The van der Waals surface area contributed by atoms with Crippen LogP contribution in [0.5, 0.6) is 0 Å². The third-order valence-electron chi connectivity index (χ3n) is 6.47. The van der Waals surface area contributed by atoms with Crippen molar-refractivity contribution in [2.45, 2.75) is 70.1 Å². The van der Waals surface area contributed by atoms with E-state index in [1.165, 1.54) is 0 Å². The maximum absolute atomic E-state index is 13.6. The average molecular weight is 499 g/mol. The molecule has 0 radical (unpaired) electrons. The first-order chi connectivity index (χ1) is 16.2. The zero-order valence-electron chi connectivity index (χ0n) is 18.7. The zero-order valence-corrected chi connectivity index (χ0v) is 19.4. The second-order valence-corrected chi connectivity index (χ2v) is 9.37. The van der Waals surface area contributed by atoms with Crippen LogP contribution >= 0.6 is 11.6 Å². The van der Waals surface area contributed by atoms with E-state index < -0.39 is 18.8 Å². The van der Waals surface area contributed by atoms with Crippen molar-refractivity contribution >= 4 is 28.3 Å². The number of anilines is 1. The van der Waals surface area contributed by atoms with Gasteiger partial charge in [-0.3, -0.25) is 4.68 Å². The van der Waals surface area contributed by atoms with Gasteiger partial charge in [0.15, 0.2) is 6.23 Å². The van der Waals surface area contributed by atoms with Crippen molar-refractivity contribution in [1.82, 2.24) is 24.5 Å². The number of nitrogens with zero attached hydrogens (tertiary/aromatic N) is 6. The topological polar surface area (TPSA) is 81.2 Å². The lowest BCUT2D eigenvalue weighted by molar-refractivity contribution is -0.141. The Balaban J connectivity index is 1.69. The highest BCUT2D eigenvalue weighted by Crippen LogP contribution is 2.39. The molecule has 0 bridgehead atoms. The predicted octanol–water partition coefficient (Wildman–Crippen LogP) is 4.56. The average Bonchev–Trinajstić information content (AvgIpc) is 3.38. The first-order valence-corrected chi connectivity index (χ1v) is 11.8. The van der Waals surface area contributed by atoms with Crippen molar-refractivity contribution in [3.63, 3.8) is 0 Å². The van der Waals surface area contributed by atoms with Gasteiger partial charge in [0.25, 0.3) is 0 Å². The van der Waals surface area contributed by atoms with Crippen LogP contribution in [0.1, 0.15) is 45.3 Å². The molecule has 5 heterocycles. The van der Waals surface area contributed by atoms with Crippen LogP contribution in [-0.4, -0.2) is 61.1 Å². The van der Waals surface area contributed by atoms with Crippen LogP contribution in [0.4, 0.5) is 18.9 Å². The van der Waals surface area contributed by atoms with E-state index in [9.17, 15) is 18.3 Å². The Morgan fingerprint density at radius 1 is 1.26 bits per heavy atom. The van der Waals surface area contributed by atoms with E-state index in [-0.39, 0.29) is 34.2 Å². The van der Waals surface area contributed by atoms with E-state index in [1.807, 2.05) is 11.8 Å². The normalized spacial score (nSPS) is 24.2. The number of piperidine rings is 1. The molecular weight excluding hydrogens is 473 g/mol. The zero-order chi connectivity index (χ0) is 24.0. The number of aliphatic hydroxyl groups is 1. The summed E-state index contributed by atoms with van der Waals surface area (Å²) in [6.07, 6.45) is 0.0437. The molecule has 184 valence electrons. The van der Waals surface area contributed by atoms with Crippen LogP contribution in [-0.2, 0) is 11.3 Å². The lowest BCUT2D eigenvalue weighted by Crippen LogP contribution is -2.43. The smallest absolute Gasteiger partial charge is 0.393 e. The van der Waals surface area contributed by atoms with Gasteiger partial charge in [0.05, 0.1) is 17.5 Å². The molecule has 0 aliphatic carbocycles. The Hall–Kier alpha value is -2.37. The number of pyridine rings is 1. The van der Waals surface area contributed by atoms with Gasteiger partial charge < -0.3 is 14.7 Å². The van der Waals surface area contributed by atoms with Crippen molar-refractivity contribution < 1.29 is 23.0 Å². The van der Waals surface area contributed by atoms with Crippen LogP contribution in [0.15, 0.2) is 18.3 Å². The van der Waals surface area contributed by atoms with Crippen LogP contribution in [0, 0.1) is 0 Å². The standard InChI is InChI=1S/C22H26ClF3N6O2/c1-13-10-14(33)6-8-30(13)16-11-17(23)28-20-19(29-31(21(16)20)12-22(24,25)26)15-5-7-27-32(15)18-4-2-3-9-34-18/h5,7,11,13-14,18,33H,2-4,6,8-10,12H2,1H3/t13-,14+,18?/m1/s1. The second kappa shape index (κ2) is 9.01. The van der Waals surface area contributed by atoms with E-state index in [0.29, 0.717) is 37.4 Å². The number of rotatable bonds is 4. The molecule has 34 heavy (non-hydrogen) atoms. The highest BCUT2D eigenvalue weighted by atomic mass is 35.5. The SMILES string of the molecule is C[C@@H]1C[C@@H](O)CCN1c1cc(Cl)nc2c(-c3ccnn3C3CCCCO3)nn(CC(F)(F)F)c12. The molecule has 5 rings (SSSR count). The first kappa shape index (κ1) is 23.4. The van der Waals surface area contributed by atoms with Crippen molar-refractivity contribution in [1.29, 1.82) is 0 Å². The molecule has 3 atom stereocenters. The molecule has 1 unspecified atom stereocenters. The fourth-order valence-corrected chi connectivity index (χ4v) is 5.15. The van der Waals surface area contributed by atoms with Gasteiger partial charge in [-0.15, -0.1) is 0 Å². The molecule has 0 aromatic carbocycles. The predicted molar refractivity (Wildman–Crippen MR) is 121 cm³/mol. The highest BCUT2D eigenvalue weighted by molar-refractivity contribution is 6.30. The van der Waals surface area contributed by atoms with Gasteiger partial charge in [-0.05, 0) is 45.1 Å². The van der Waals surface area contributed by atoms with Gasteiger partial charge in [0.2, 0.25) is 0 Å². The van der Waals surface area contributed by atoms with Crippen LogP contribution in [0.3, 0.4) is 0 Å². The molecule has 2 aliphatic rings. The molecule has 2 saturated heterocycles. The molecule has 0 amide bonds. The van der Waals surface area contributed by atoms with Crippen molar-refractivity contribution in [3.8, 4) is 11.4 Å². The van der Waals surface area contributed by atoms with Crippen molar-refractivity contribution in [3.05, 3.63) is 23.5 Å². The van der Waals surface area contributed by atoms with E-state index >= 15 is 0 Å². The quantitative estimate of drug-likeness (QED) is 0.531. The number of fused-ring (bicyclic) bond motifs is 1. The van der Waals surface area contributed by atoms with E-state index in [4.69, 9.17) is 16.3 Å². The molecule has 3 aromatic rings. The molecule has 8 nitrogen and oxygen atoms in total. The fourth-order valence-electron chi connectivity index (χ4n) is 4.96. The van der Waals surface area contributed by atoms with Crippen molar-refractivity contribution in [2.75, 3.05) is 18.1 Å². The fraction of sp³-hybridized carbons (Fsp3) is 0.591. The summed E-state index contributed by atoms with van der Waals surface area (Å²) in [5.74, 6) is 0. The molecule has 2 fully saturated rings. The minimum Gasteiger partial charge on any atom is -0.393 e. The van der Waals surface area contributed by atoms with Crippen LogP contribution in [0.25, 0.3) is 22.4 Å². The number of ether oxygens (including phenoxy) is 1. The molecule has 1 N–H and O–H groups in total. The van der Waals surface area contributed by atoms with Crippen molar-refractivity contribution in [2.24, 2.45) is 0 Å². The Morgan fingerprint density at radius 3 is 2.79 bits per heavy atom. The second-order valence-electron chi connectivity index (χ2n) is 8.99. The Labute approximate surface area is 199 Å². The lowest BCUT2D eigenvalue weighted by Gasteiger charge is -2.38. The summed E-state index contributed by atoms with van der Waals surface area (Å²) in [6, 6.07) is 3.20. The van der Waals surface area contributed by atoms with E-state index in [1.54, 1.807) is 23.0 Å². The summed E-state index contributed by atoms with van der Waals surface area (Å²) in [5.41, 5.74) is 1.87. The summed E-state index contributed by atoms with van der Waals surface area (Å²) in [7, 11) is 0. The number of aromatic nitrogens is 5. The number of alkyl halides is 3.